The zero-order chi connectivity index (χ0) is 18.8. The molecule has 0 saturated carbocycles. The van der Waals surface area contributed by atoms with E-state index in [9.17, 15) is 4.79 Å². The van der Waals surface area contributed by atoms with Gasteiger partial charge in [-0.2, -0.15) is 0 Å². The van der Waals surface area contributed by atoms with Crippen molar-refractivity contribution in [3.05, 3.63) is 48.2 Å². The van der Waals surface area contributed by atoms with E-state index < -0.39 is 0 Å². The van der Waals surface area contributed by atoms with Gasteiger partial charge in [-0.25, -0.2) is 4.98 Å². The SMILES string of the molecule is CCCCCNC(=O)c1ccc(Nc2ccc(N(CC)CC)cc2)nc1. The van der Waals surface area contributed by atoms with Crippen LogP contribution in [0.25, 0.3) is 0 Å². The number of rotatable bonds is 10. The van der Waals surface area contributed by atoms with Crippen molar-refractivity contribution in [2.45, 2.75) is 40.0 Å². The van der Waals surface area contributed by atoms with Crippen molar-refractivity contribution in [2.75, 3.05) is 29.9 Å². The van der Waals surface area contributed by atoms with Gasteiger partial charge in [-0.05, 0) is 56.7 Å². The molecule has 0 fully saturated rings. The van der Waals surface area contributed by atoms with E-state index in [1.165, 1.54) is 5.69 Å². The van der Waals surface area contributed by atoms with Gasteiger partial charge in [-0.1, -0.05) is 19.8 Å². The number of nitrogens with one attached hydrogen (secondary N) is 2. The van der Waals surface area contributed by atoms with Crippen LogP contribution in [0.5, 0.6) is 0 Å². The predicted octanol–water partition coefficient (Wildman–Crippen LogP) is 4.59. The second-order valence-corrected chi connectivity index (χ2v) is 6.24. The molecule has 5 nitrogen and oxygen atoms in total. The minimum absolute atomic E-state index is 0.0660. The van der Waals surface area contributed by atoms with Crippen molar-refractivity contribution in [1.82, 2.24) is 10.3 Å². The van der Waals surface area contributed by atoms with Gasteiger partial charge in [0.15, 0.2) is 0 Å². The highest BCUT2D eigenvalue weighted by Gasteiger charge is 2.06. The Morgan fingerprint density at radius 2 is 1.73 bits per heavy atom. The maximum atomic E-state index is 12.1. The Hall–Kier alpha value is -2.56. The summed E-state index contributed by atoms with van der Waals surface area (Å²) in [5.41, 5.74) is 2.78. The summed E-state index contributed by atoms with van der Waals surface area (Å²) in [4.78, 5) is 18.7. The Labute approximate surface area is 156 Å². The molecule has 5 heteroatoms. The van der Waals surface area contributed by atoms with E-state index >= 15 is 0 Å². The summed E-state index contributed by atoms with van der Waals surface area (Å²) in [6.45, 7) is 9.15. The Balaban J connectivity index is 1.91. The Kier molecular flexibility index (Phi) is 7.93. The minimum atomic E-state index is -0.0660. The third-order valence-corrected chi connectivity index (χ3v) is 4.36. The Bertz CT molecular complexity index is 663. The lowest BCUT2D eigenvalue weighted by Crippen LogP contribution is -2.24. The second-order valence-electron chi connectivity index (χ2n) is 6.24. The number of unbranched alkanes of at least 4 members (excludes halogenated alkanes) is 2. The van der Waals surface area contributed by atoms with Crippen LogP contribution in [0.4, 0.5) is 17.2 Å². The van der Waals surface area contributed by atoms with Crippen LogP contribution in [-0.2, 0) is 0 Å². The first kappa shape index (κ1) is 19.8. The number of nitrogens with zero attached hydrogens (tertiary/aromatic N) is 2. The van der Waals surface area contributed by atoms with Crippen LogP contribution in [0, 0.1) is 0 Å². The van der Waals surface area contributed by atoms with Gasteiger partial charge >= 0.3 is 0 Å². The van der Waals surface area contributed by atoms with Crippen LogP contribution in [0.3, 0.4) is 0 Å². The lowest BCUT2D eigenvalue weighted by Gasteiger charge is -2.21. The van der Waals surface area contributed by atoms with Crippen LogP contribution in [0.2, 0.25) is 0 Å². The molecule has 0 aliphatic heterocycles. The molecule has 0 atom stereocenters. The summed E-state index contributed by atoms with van der Waals surface area (Å²) in [6.07, 6.45) is 4.91. The van der Waals surface area contributed by atoms with Gasteiger partial charge in [0.25, 0.3) is 5.91 Å². The van der Waals surface area contributed by atoms with Gasteiger partial charge in [0, 0.05) is 37.2 Å². The van der Waals surface area contributed by atoms with E-state index in [4.69, 9.17) is 0 Å². The Morgan fingerprint density at radius 1 is 1.00 bits per heavy atom. The molecule has 2 aromatic rings. The number of aromatic nitrogens is 1. The average Bonchev–Trinajstić information content (AvgIpc) is 2.68. The molecule has 140 valence electrons. The van der Waals surface area contributed by atoms with E-state index in [-0.39, 0.29) is 5.91 Å². The number of hydrogen-bond donors (Lipinski definition) is 2. The number of anilines is 3. The highest BCUT2D eigenvalue weighted by atomic mass is 16.1. The van der Waals surface area contributed by atoms with Crippen LogP contribution in [0.1, 0.15) is 50.4 Å². The zero-order valence-corrected chi connectivity index (χ0v) is 16.1. The van der Waals surface area contributed by atoms with Gasteiger partial charge in [0.05, 0.1) is 5.56 Å². The van der Waals surface area contributed by atoms with E-state index in [1.54, 1.807) is 12.3 Å². The maximum Gasteiger partial charge on any atom is 0.252 e. The summed E-state index contributed by atoms with van der Waals surface area (Å²) >= 11 is 0. The molecule has 0 spiro atoms. The molecule has 0 unspecified atom stereocenters. The molecule has 2 rings (SSSR count). The lowest BCUT2D eigenvalue weighted by molar-refractivity contribution is 0.0952. The molecule has 1 amide bonds. The van der Waals surface area contributed by atoms with Crippen molar-refractivity contribution in [3.8, 4) is 0 Å². The van der Waals surface area contributed by atoms with E-state index in [0.717, 1.165) is 43.9 Å². The zero-order valence-electron chi connectivity index (χ0n) is 16.1. The monoisotopic (exact) mass is 354 g/mol. The molecule has 1 aromatic heterocycles. The summed E-state index contributed by atoms with van der Waals surface area (Å²) in [6, 6.07) is 11.9. The fourth-order valence-electron chi connectivity index (χ4n) is 2.77. The third kappa shape index (κ3) is 5.76. The van der Waals surface area contributed by atoms with Crippen molar-refractivity contribution in [3.63, 3.8) is 0 Å². The number of pyridine rings is 1. The summed E-state index contributed by atoms with van der Waals surface area (Å²) < 4.78 is 0. The van der Waals surface area contributed by atoms with Crippen molar-refractivity contribution in [2.24, 2.45) is 0 Å². The third-order valence-electron chi connectivity index (χ3n) is 4.36. The predicted molar refractivity (Wildman–Crippen MR) is 109 cm³/mol. The first-order valence-corrected chi connectivity index (χ1v) is 9.54. The van der Waals surface area contributed by atoms with Gasteiger partial charge in [0.2, 0.25) is 0 Å². The molecule has 1 heterocycles. The number of carbonyl (C=O) groups excluding carboxylic acids is 1. The topological polar surface area (TPSA) is 57.3 Å². The first-order valence-electron chi connectivity index (χ1n) is 9.54. The molecule has 1 aromatic carbocycles. The molecular formula is C21H30N4O. The van der Waals surface area contributed by atoms with Crippen molar-refractivity contribution < 1.29 is 4.79 Å². The molecule has 2 N–H and O–H groups in total. The molecule has 26 heavy (non-hydrogen) atoms. The van der Waals surface area contributed by atoms with Crippen LogP contribution in [-0.4, -0.2) is 30.5 Å². The largest absolute Gasteiger partial charge is 0.372 e. The molecular weight excluding hydrogens is 324 g/mol. The highest BCUT2D eigenvalue weighted by Crippen LogP contribution is 2.20. The average molecular weight is 354 g/mol. The normalized spacial score (nSPS) is 10.4. The minimum Gasteiger partial charge on any atom is -0.372 e. The smallest absolute Gasteiger partial charge is 0.252 e. The summed E-state index contributed by atoms with van der Waals surface area (Å²) in [7, 11) is 0. The van der Waals surface area contributed by atoms with Gasteiger partial charge in [-0.15, -0.1) is 0 Å². The van der Waals surface area contributed by atoms with Gasteiger partial charge < -0.3 is 15.5 Å². The summed E-state index contributed by atoms with van der Waals surface area (Å²) in [5, 5.41) is 6.20. The van der Waals surface area contributed by atoms with Crippen LogP contribution >= 0.6 is 0 Å². The number of benzene rings is 1. The second kappa shape index (κ2) is 10.4. The van der Waals surface area contributed by atoms with Gasteiger partial charge in [0.1, 0.15) is 5.82 Å². The quantitative estimate of drug-likeness (QED) is 0.613. The standard InChI is InChI=1S/C21H30N4O/c1-4-7-8-15-22-21(26)17-9-14-20(23-16-17)24-18-10-12-19(13-11-18)25(5-2)6-3/h9-14,16H,4-8,15H2,1-3H3,(H,22,26)(H,23,24). The van der Waals surface area contributed by atoms with Crippen LogP contribution in [0.15, 0.2) is 42.6 Å². The highest BCUT2D eigenvalue weighted by molar-refractivity contribution is 5.94. The van der Waals surface area contributed by atoms with Crippen LogP contribution < -0.4 is 15.5 Å². The molecule has 0 aliphatic rings. The number of hydrogen-bond acceptors (Lipinski definition) is 4. The number of amides is 1. The van der Waals surface area contributed by atoms with E-state index in [1.807, 2.05) is 18.2 Å². The summed E-state index contributed by atoms with van der Waals surface area (Å²) in [5.74, 6) is 0.659. The number of carbonyl (C=O) groups is 1. The Morgan fingerprint density at radius 3 is 2.31 bits per heavy atom. The fraction of sp³-hybridized carbons (Fsp3) is 0.429. The van der Waals surface area contributed by atoms with Crippen molar-refractivity contribution >= 4 is 23.1 Å². The van der Waals surface area contributed by atoms with E-state index in [2.05, 4.69) is 53.4 Å². The van der Waals surface area contributed by atoms with Gasteiger partial charge in [-0.3, -0.25) is 4.79 Å². The first-order chi connectivity index (χ1) is 12.7. The van der Waals surface area contributed by atoms with Crippen molar-refractivity contribution in [1.29, 1.82) is 0 Å². The molecule has 0 radical (unpaired) electrons. The molecule has 0 bridgehead atoms. The molecule has 0 aliphatic carbocycles. The lowest BCUT2D eigenvalue weighted by atomic mass is 10.2. The fourth-order valence-corrected chi connectivity index (χ4v) is 2.77. The maximum absolute atomic E-state index is 12.1. The molecule has 0 saturated heterocycles. The van der Waals surface area contributed by atoms with E-state index in [0.29, 0.717) is 12.1 Å².